The fourth-order valence-electron chi connectivity index (χ4n) is 2.92. The lowest BCUT2D eigenvalue weighted by Crippen LogP contribution is -2.37. The Morgan fingerprint density at radius 2 is 2.00 bits per heavy atom. The Kier molecular flexibility index (Phi) is 3.65. The molecule has 18 heavy (non-hydrogen) atoms. The van der Waals surface area contributed by atoms with Crippen LogP contribution < -0.4 is 0 Å². The maximum absolute atomic E-state index is 12.3. The van der Waals surface area contributed by atoms with Gasteiger partial charge in [-0.1, -0.05) is 24.3 Å². The van der Waals surface area contributed by atoms with Gasteiger partial charge >= 0.3 is 0 Å². The molecule has 0 N–H and O–H groups in total. The number of fused-ring (bicyclic) bond motifs is 1. The van der Waals surface area contributed by atoms with E-state index in [2.05, 4.69) is 12.1 Å². The van der Waals surface area contributed by atoms with Crippen LogP contribution in [0.25, 0.3) is 0 Å². The molecule has 1 aliphatic rings. The average Bonchev–Trinajstić information content (AvgIpc) is 2.34. The van der Waals surface area contributed by atoms with Crippen molar-refractivity contribution >= 4 is 11.6 Å². The van der Waals surface area contributed by atoms with Crippen molar-refractivity contribution < 1.29 is 9.59 Å². The number of rotatable bonds is 4. The first kappa shape index (κ1) is 13.0. The highest BCUT2D eigenvalue weighted by atomic mass is 16.1. The molecule has 0 radical (unpaired) electrons. The summed E-state index contributed by atoms with van der Waals surface area (Å²) in [6.45, 7) is 3.65. The molecule has 96 valence electrons. The number of benzene rings is 1. The second kappa shape index (κ2) is 5.05. The van der Waals surface area contributed by atoms with E-state index in [0.29, 0.717) is 18.6 Å². The zero-order valence-electron chi connectivity index (χ0n) is 11.2. The van der Waals surface area contributed by atoms with E-state index in [4.69, 9.17) is 0 Å². The first-order valence-electron chi connectivity index (χ1n) is 6.65. The lowest BCUT2D eigenvalue weighted by molar-refractivity contribution is -0.125. The summed E-state index contributed by atoms with van der Waals surface area (Å²) in [5, 5.41) is 0. The Morgan fingerprint density at radius 3 is 2.72 bits per heavy atom. The normalized spacial score (nSPS) is 22.7. The summed E-state index contributed by atoms with van der Waals surface area (Å²) in [5.74, 6) is 0.528. The maximum atomic E-state index is 12.3. The molecular formula is C16H20O2. The lowest BCUT2D eigenvalue weighted by Gasteiger charge is -2.34. The van der Waals surface area contributed by atoms with Crippen LogP contribution in [0.1, 0.15) is 50.7 Å². The van der Waals surface area contributed by atoms with Gasteiger partial charge in [-0.15, -0.1) is 0 Å². The fraction of sp³-hybridized carbons (Fsp3) is 0.500. The van der Waals surface area contributed by atoms with E-state index < -0.39 is 0 Å². The van der Waals surface area contributed by atoms with E-state index in [9.17, 15) is 9.59 Å². The van der Waals surface area contributed by atoms with E-state index in [1.807, 2.05) is 19.1 Å². The molecule has 0 saturated heterocycles. The van der Waals surface area contributed by atoms with Crippen LogP contribution in [0.5, 0.6) is 0 Å². The predicted molar refractivity (Wildman–Crippen MR) is 71.7 cm³/mol. The number of carbonyl (C=O) groups is 2. The number of aryl methyl sites for hydroxylation is 1. The average molecular weight is 244 g/mol. The molecule has 0 fully saturated rings. The summed E-state index contributed by atoms with van der Waals surface area (Å²) in [6, 6.07) is 8.22. The van der Waals surface area contributed by atoms with Gasteiger partial charge < -0.3 is 4.79 Å². The number of Topliss-reactive ketones (excluding diaryl/α,β-unsaturated/α-hetero) is 2. The smallest absolute Gasteiger partial charge is 0.143 e. The van der Waals surface area contributed by atoms with Crippen LogP contribution in [0.2, 0.25) is 0 Å². The molecule has 0 heterocycles. The Bertz CT molecular complexity index is 476. The Hall–Kier alpha value is -1.44. The third-order valence-electron chi connectivity index (χ3n) is 4.05. The van der Waals surface area contributed by atoms with Crippen LogP contribution in [-0.4, -0.2) is 11.6 Å². The minimum absolute atomic E-state index is 0.204. The Labute approximate surface area is 108 Å². The van der Waals surface area contributed by atoms with E-state index in [0.717, 1.165) is 19.3 Å². The van der Waals surface area contributed by atoms with E-state index in [1.165, 1.54) is 11.1 Å². The highest BCUT2D eigenvalue weighted by Crippen LogP contribution is 2.38. The zero-order chi connectivity index (χ0) is 13.2. The van der Waals surface area contributed by atoms with Crippen LogP contribution >= 0.6 is 0 Å². The molecule has 0 saturated carbocycles. The van der Waals surface area contributed by atoms with E-state index in [1.54, 1.807) is 6.92 Å². The van der Waals surface area contributed by atoms with Crippen molar-refractivity contribution in [1.82, 2.24) is 0 Å². The van der Waals surface area contributed by atoms with Gasteiger partial charge in [-0.2, -0.15) is 0 Å². The first-order chi connectivity index (χ1) is 8.54. The monoisotopic (exact) mass is 244 g/mol. The van der Waals surface area contributed by atoms with Crippen LogP contribution in [0.3, 0.4) is 0 Å². The molecule has 0 bridgehead atoms. The van der Waals surface area contributed by atoms with Gasteiger partial charge in [-0.25, -0.2) is 0 Å². The molecule has 2 heteroatoms. The summed E-state index contributed by atoms with van der Waals surface area (Å²) < 4.78 is 0. The molecule has 0 unspecified atom stereocenters. The summed E-state index contributed by atoms with van der Waals surface area (Å²) >= 11 is 0. The van der Waals surface area contributed by atoms with Gasteiger partial charge in [0.05, 0.1) is 5.41 Å². The highest BCUT2D eigenvalue weighted by Gasteiger charge is 2.38. The largest absolute Gasteiger partial charge is 0.300 e. The standard InChI is InChI=1S/C16H20O2/c1-12(17)6-5-11-16(2)14-8-4-3-7-13(14)9-10-15(16)18/h3-4,7-8H,5-6,9-11H2,1-2H3/t16-/m0/s1. The van der Waals surface area contributed by atoms with Crippen molar-refractivity contribution in [1.29, 1.82) is 0 Å². The molecule has 1 aliphatic carbocycles. The van der Waals surface area contributed by atoms with Gasteiger partial charge in [-0.3, -0.25) is 4.79 Å². The molecule has 2 nitrogen and oxygen atoms in total. The third-order valence-corrected chi connectivity index (χ3v) is 4.05. The van der Waals surface area contributed by atoms with Gasteiger partial charge in [0, 0.05) is 12.8 Å². The minimum atomic E-state index is -0.385. The fourth-order valence-corrected chi connectivity index (χ4v) is 2.92. The number of hydrogen-bond donors (Lipinski definition) is 0. The molecule has 1 aromatic carbocycles. The quantitative estimate of drug-likeness (QED) is 0.815. The van der Waals surface area contributed by atoms with Crippen molar-refractivity contribution in [3.05, 3.63) is 35.4 Å². The number of ketones is 2. The third kappa shape index (κ3) is 2.38. The summed E-state index contributed by atoms with van der Waals surface area (Å²) in [7, 11) is 0. The van der Waals surface area contributed by atoms with Gasteiger partial charge in [0.1, 0.15) is 11.6 Å². The van der Waals surface area contributed by atoms with Gasteiger partial charge in [0.15, 0.2) is 0 Å². The lowest BCUT2D eigenvalue weighted by atomic mass is 9.68. The number of hydrogen-bond acceptors (Lipinski definition) is 2. The molecule has 0 aromatic heterocycles. The van der Waals surface area contributed by atoms with Crippen LogP contribution in [0.4, 0.5) is 0 Å². The van der Waals surface area contributed by atoms with Gasteiger partial charge in [0.25, 0.3) is 0 Å². The van der Waals surface area contributed by atoms with Crippen molar-refractivity contribution in [3.8, 4) is 0 Å². The van der Waals surface area contributed by atoms with Crippen LogP contribution in [-0.2, 0) is 21.4 Å². The molecule has 0 aliphatic heterocycles. The van der Waals surface area contributed by atoms with Crippen molar-refractivity contribution in [3.63, 3.8) is 0 Å². The van der Waals surface area contributed by atoms with E-state index >= 15 is 0 Å². The van der Waals surface area contributed by atoms with Crippen molar-refractivity contribution in [2.75, 3.05) is 0 Å². The Balaban J connectivity index is 2.24. The van der Waals surface area contributed by atoms with Gasteiger partial charge in [0.2, 0.25) is 0 Å². The Morgan fingerprint density at radius 1 is 1.28 bits per heavy atom. The first-order valence-corrected chi connectivity index (χ1v) is 6.65. The van der Waals surface area contributed by atoms with Crippen LogP contribution in [0, 0.1) is 0 Å². The maximum Gasteiger partial charge on any atom is 0.143 e. The van der Waals surface area contributed by atoms with Gasteiger partial charge in [-0.05, 0) is 44.2 Å². The molecule has 1 aromatic rings. The second-order valence-electron chi connectivity index (χ2n) is 5.47. The SMILES string of the molecule is CC(=O)CCC[C@]1(C)C(=O)CCc2ccccc21. The molecular weight excluding hydrogens is 224 g/mol. The summed E-state index contributed by atoms with van der Waals surface area (Å²) in [5.41, 5.74) is 2.08. The highest BCUT2D eigenvalue weighted by molar-refractivity contribution is 5.92. The van der Waals surface area contributed by atoms with E-state index in [-0.39, 0.29) is 11.2 Å². The second-order valence-corrected chi connectivity index (χ2v) is 5.47. The summed E-state index contributed by atoms with van der Waals surface area (Å²) in [4.78, 5) is 23.3. The predicted octanol–water partition coefficient (Wildman–Crippen LogP) is 3.22. The molecule has 1 atom stereocenters. The van der Waals surface area contributed by atoms with Crippen molar-refractivity contribution in [2.45, 2.75) is 51.4 Å². The zero-order valence-corrected chi connectivity index (χ0v) is 11.2. The topological polar surface area (TPSA) is 34.1 Å². The minimum Gasteiger partial charge on any atom is -0.300 e. The summed E-state index contributed by atoms with van der Waals surface area (Å²) in [6.07, 6.45) is 3.64. The molecule has 0 amide bonds. The van der Waals surface area contributed by atoms with Crippen LogP contribution in [0.15, 0.2) is 24.3 Å². The molecule has 0 spiro atoms. The molecule has 2 rings (SSSR count). The number of carbonyl (C=O) groups excluding carboxylic acids is 2. The van der Waals surface area contributed by atoms with Crippen molar-refractivity contribution in [2.24, 2.45) is 0 Å².